The van der Waals surface area contributed by atoms with Crippen molar-refractivity contribution in [3.05, 3.63) is 40.6 Å². The van der Waals surface area contributed by atoms with Crippen LogP contribution in [0.3, 0.4) is 0 Å². The Kier molecular flexibility index (Phi) is 3.16. The second-order valence-electron chi connectivity index (χ2n) is 3.46. The van der Waals surface area contributed by atoms with Crippen LogP contribution in [0.5, 0.6) is 0 Å². The predicted molar refractivity (Wildman–Crippen MR) is 61.6 cm³/mol. The van der Waals surface area contributed by atoms with E-state index in [9.17, 15) is 4.79 Å². The Labute approximate surface area is 96.7 Å². The summed E-state index contributed by atoms with van der Waals surface area (Å²) in [5.41, 5.74) is 0.455. The van der Waals surface area contributed by atoms with Crippen LogP contribution in [0, 0.1) is 0 Å². The van der Waals surface area contributed by atoms with Gasteiger partial charge in [-0.1, -0.05) is 18.2 Å². The highest BCUT2D eigenvalue weighted by Crippen LogP contribution is 2.11. The molecular formula is C11H11BrN2O. The Morgan fingerprint density at radius 2 is 2.13 bits per heavy atom. The van der Waals surface area contributed by atoms with Crippen molar-refractivity contribution in [1.82, 2.24) is 10.3 Å². The summed E-state index contributed by atoms with van der Waals surface area (Å²) >= 11 is 3.24. The highest BCUT2D eigenvalue weighted by Gasteiger charge is 2.15. The molecule has 0 fully saturated rings. The van der Waals surface area contributed by atoms with Gasteiger partial charge in [-0.25, -0.2) is 4.98 Å². The number of aromatic nitrogens is 1. The summed E-state index contributed by atoms with van der Waals surface area (Å²) in [7, 11) is 0. The van der Waals surface area contributed by atoms with Crippen molar-refractivity contribution < 1.29 is 4.79 Å². The molecule has 0 atom stereocenters. The van der Waals surface area contributed by atoms with E-state index in [0.29, 0.717) is 10.3 Å². The number of carbonyl (C=O) groups is 1. The third kappa shape index (κ3) is 2.65. The first-order valence-electron chi connectivity index (χ1n) is 4.84. The molecule has 4 heteroatoms. The van der Waals surface area contributed by atoms with Gasteiger partial charge in [0.1, 0.15) is 10.3 Å². The highest BCUT2D eigenvalue weighted by atomic mass is 79.9. The normalized spacial score (nSPS) is 15.5. The van der Waals surface area contributed by atoms with Crippen LogP contribution in [0.25, 0.3) is 0 Å². The zero-order valence-electron chi connectivity index (χ0n) is 8.11. The van der Waals surface area contributed by atoms with E-state index >= 15 is 0 Å². The number of nitrogens with one attached hydrogen (secondary N) is 1. The van der Waals surface area contributed by atoms with Crippen LogP contribution in [-0.4, -0.2) is 16.9 Å². The molecule has 1 aromatic heterocycles. The average molecular weight is 267 g/mol. The first-order chi connectivity index (χ1) is 7.25. The van der Waals surface area contributed by atoms with Crippen LogP contribution < -0.4 is 5.32 Å². The molecule has 3 nitrogen and oxygen atoms in total. The maximum absolute atomic E-state index is 11.7. The van der Waals surface area contributed by atoms with Crippen LogP contribution in [0.2, 0.25) is 0 Å². The average Bonchev–Trinajstić information content (AvgIpc) is 2.70. The fourth-order valence-corrected chi connectivity index (χ4v) is 1.87. The lowest BCUT2D eigenvalue weighted by atomic mass is 10.2. The molecule has 1 N–H and O–H groups in total. The number of rotatable bonds is 2. The van der Waals surface area contributed by atoms with E-state index in [-0.39, 0.29) is 11.9 Å². The lowest BCUT2D eigenvalue weighted by molar-refractivity contribution is 0.0934. The van der Waals surface area contributed by atoms with Crippen LogP contribution in [0.4, 0.5) is 0 Å². The van der Waals surface area contributed by atoms with Gasteiger partial charge in [0.25, 0.3) is 5.91 Å². The van der Waals surface area contributed by atoms with Crippen molar-refractivity contribution >= 4 is 21.8 Å². The van der Waals surface area contributed by atoms with Crippen molar-refractivity contribution in [2.75, 3.05) is 0 Å². The fourth-order valence-electron chi connectivity index (χ4n) is 1.53. The van der Waals surface area contributed by atoms with Crippen LogP contribution in [0.1, 0.15) is 23.3 Å². The molecule has 1 aromatic rings. The van der Waals surface area contributed by atoms with Gasteiger partial charge in [-0.15, -0.1) is 0 Å². The summed E-state index contributed by atoms with van der Waals surface area (Å²) in [5, 5.41) is 2.94. The predicted octanol–water partition coefficient (Wildman–Crippen LogP) is 2.29. The molecule has 1 aliphatic carbocycles. The molecule has 0 unspecified atom stereocenters. The second-order valence-corrected chi connectivity index (χ2v) is 4.27. The second kappa shape index (κ2) is 4.57. The minimum Gasteiger partial charge on any atom is -0.347 e. The molecule has 0 saturated carbocycles. The van der Waals surface area contributed by atoms with E-state index in [1.165, 1.54) is 0 Å². The Bertz CT molecular complexity index is 395. The van der Waals surface area contributed by atoms with Crippen LogP contribution >= 0.6 is 15.9 Å². The van der Waals surface area contributed by atoms with Crippen LogP contribution in [-0.2, 0) is 0 Å². The molecule has 0 aliphatic heterocycles. The molecule has 1 amide bonds. The molecule has 1 heterocycles. The SMILES string of the molecule is O=C(NC1CC=CC1)c1cccc(Br)n1. The van der Waals surface area contributed by atoms with Crippen molar-refractivity contribution in [1.29, 1.82) is 0 Å². The molecule has 0 saturated heterocycles. The summed E-state index contributed by atoms with van der Waals surface area (Å²) in [6.07, 6.45) is 6.00. The number of halogens is 1. The van der Waals surface area contributed by atoms with E-state index in [2.05, 4.69) is 38.4 Å². The summed E-state index contributed by atoms with van der Waals surface area (Å²) in [4.78, 5) is 15.8. The number of carbonyl (C=O) groups excluding carboxylic acids is 1. The zero-order valence-corrected chi connectivity index (χ0v) is 9.70. The van der Waals surface area contributed by atoms with Gasteiger partial charge in [-0.3, -0.25) is 4.79 Å². The van der Waals surface area contributed by atoms with Gasteiger partial charge < -0.3 is 5.32 Å². The molecule has 15 heavy (non-hydrogen) atoms. The quantitative estimate of drug-likeness (QED) is 0.659. The third-order valence-corrected chi connectivity index (χ3v) is 2.73. The topological polar surface area (TPSA) is 42.0 Å². The molecule has 78 valence electrons. The summed E-state index contributed by atoms with van der Waals surface area (Å²) in [5.74, 6) is -0.106. The first-order valence-corrected chi connectivity index (χ1v) is 5.63. The number of hydrogen-bond acceptors (Lipinski definition) is 2. The third-order valence-electron chi connectivity index (χ3n) is 2.29. The minimum absolute atomic E-state index is 0.106. The first kappa shape index (κ1) is 10.4. The van der Waals surface area contributed by atoms with Crippen molar-refractivity contribution in [3.8, 4) is 0 Å². The van der Waals surface area contributed by atoms with Gasteiger partial charge in [0.2, 0.25) is 0 Å². The van der Waals surface area contributed by atoms with Crippen molar-refractivity contribution in [2.24, 2.45) is 0 Å². The summed E-state index contributed by atoms with van der Waals surface area (Å²) in [6, 6.07) is 5.55. The summed E-state index contributed by atoms with van der Waals surface area (Å²) < 4.78 is 0.680. The van der Waals surface area contributed by atoms with Gasteiger partial charge in [-0.05, 0) is 40.9 Å². The summed E-state index contributed by atoms with van der Waals surface area (Å²) in [6.45, 7) is 0. The Morgan fingerprint density at radius 3 is 2.80 bits per heavy atom. The van der Waals surface area contributed by atoms with E-state index in [0.717, 1.165) is 12.8 Å². The molecule has 0 aromatic carbocycles. The number of hydrogen-bond donors (Lipinski definition) is 1. The van der Waals surface area contributed by atoms with Gasteiger partial charge in [0, 0.05) is 6.04 Å². The smallest absolute Gasteiger partial charge is 0.270 e. The Balaban J connectivity index is 2.01. The minimum atomic E-state index is -0.106. The monoisotopic (exact) mass is 266 g/mol. The maximum Gasteiger partial charge on any atom is 0.270 e. The Hall–Kier alpha value is -1.16. The maximum atomic E-state index is 11.7. The van der Waals surface area contributed by atoms with Crippen molar-refractivity contribution in [3.63, 3.8) is 0 Å². The Morgan fingerprint density at radius 1 is 1.40 bits per heavy atom. The lowest BCUT2D eigenvalue weighted by Gasteiger charge is -2.11. The van der Waals surface area contributed by atoms with Crippen molar-refractivity contribution in [2.45, 2.75) is 18.9 Å². The molecule has 0 spiro atoms. The number of pyridine rings is 1. The van der Waals surface area contributed by atoms with Gasteiger partial charge >= 0.3 is 0 Å². The van der Waals surface area contributed by atoms with Crippen LogP contribution in [0.15, 0.2) is 35.0 Å². The molecule has 0 radical (unpaired) electrons. The number of nitrogens with zero attached hydrogens (tertiary/aromatic N) is 1. The van der Waals surface area contributed by atoms with E-state index < -0.39 is 0 Å². The lowest BCUT2D eigenvalue weighted by Crippen LogP contribution is -2.33. The molecule has 0 bridgehead atoms. The molecule has 2 rings (SSSR count). The fraction of sp³-hybridized carbons (Fsp3) is 0.273. The van der Waals surface area contributed by atoms with E-state index in [1.54, 1.807) is 18.2 Å². The van der Waals surface area contributed by atoms with Gasteiger partial charge in [0.15, 0.2) is 0 Å². The van der Waals surface area contributed by atoms with Gasteiger partial charge in [0.05, 0.1) is 0 Å². The molecule has 1 aliphatic rings. The largest absolute Gasteiger partial charge is 0.347 e. The van der Waals surface area contributed by atoms with E-state index in [4.69, 9.17) is 0 Å². The van der Waals surface area contributed by atoms with E-state index in [1.807, 2.05) is 0 Å². The molecular weight excluding hydrogens is 256 g/mol. The van der Waals surface area contributed by atoms with Gasteiger partial charge in [-0.2, -0.15) is 0 Å². The highest BCUT2D eigenvalue weighted by molar-refractivity contribution is 9.10. The standard InChI is InChI=1S/C11H11BrN2O/c12-10-7-3-6-9(14-10)11(15)13-8-4-1-2-5-8/h1-3,6-8H,4-5H2,(H,13,15). The zero-order chi connectivity index (χ0) is 10.7. The number of amides is 1.